The van der Waals surface area contributed by atoms with Crippen molar-refractivity contribution >= 4 is 5.65 Å². The van der Waals surface area contributed by atoms with Crippen molar-refractivity contribution in [1.29, 1.82) is 0 Å². The van der Waals surface area contributed by atoms with Crippen LogP contribution >= 0.6 is 0 Å². The lowest BCUT2D eigenvalue weighted by Crippen LogP contribution is -2.41. The van der Waals surface area contributed by atoms with E-state index in [4.69, 9.17) is 0 Å². The molecule has 4 heteroatoms. The molecule has 3 aromatic rings. The highest BCUT2D eigenvalue weighted by atomic mass is 15.2. The van der Waals surface area contributed by atoms with Crippen molar-refractivity contribution in [2.45, 2.75) is 32.5 Å². The highest BCUT2D eigenvalue weighted by Gasteiger charge is 2.17. The van der Waals surface area contributed by atoms with Crippen molar-refractivity contribution in [3.8, 4) is 0 Å². The molecule has 0 aliphatic carbocycles. The zero-order valence-corrected chi connectivity index (χ0v) is 14.2. The lowest BCUT2D eigenvalue weighted by atomic mass is 10.00. The van der Waals surface area contributed by atoms with E-state index in [-0.39, 0.29) is 0 Å². The van der Waals surface area contributed by atoms with E-state index in [2.05, 4.69) is 57.0 Å². The Morgan fingerprint density at radius 3 is 2.83 bits per heavy atom. The van der Waals surface area contributed by atoms with E-state index in [9.17, 15) is 0 Å². The second-order valence-corrected chi connectivity index (χ2v) is 6.73. The predicted octanol–water partition coefficient (Wildman–Crippen LogP) is 2.87. The first-order valence-corrected chi connectivity index (χ1v) is 8.73. The maximum Gasteiger partial charge on any atom is 0.137 e. The molecular formula is C20H24N4. The number of nitrogens with zero attached hydrogens (tertiary/aromatic N) is 3. The van der Waals surface area contributed by atoms with Crippen molar-refractivity contribution in [1.82, 2.24) is 19.6 Å². The first-order chi connectivity index (χ1) is 11.8. The van der Waals surface area contributed by atoms with Gasteiger partial charge in [-0.3, -0.25) is 4.90 Å². The zero-order chi connectivity index (χ0) is 16.4. The Hall–Kier alpha value is -2.17. The molecule has 0 fully saturated rings. The minimum absolute atomic E-state index is 0.445. The van der Waals surface area contributed by atoms with Gasteiger partial charge >= 0.3 is 0 Å². The Morgan fingerprint density at radius 2 is 1.96 bits per heavy atom. The van der Waals surface area contributed by atoms with Crippen LogP contribution in [-0.4, -0.2) is 33.4 Å². The highest BCUT2D eigenvalue weighted by molar-refractivity contribution is 5.39. The van der Waals surface area contributed by atoms with E-state index in [1.807, 2.05) is 24.4 Å². The van der Waals surface area contributed by atoms with Crippen LogP contribution in [0, 0.1) is 0 Å². The van der Waals surface area contributed by atoms with Crippen LogP contribution in [0.3, 0.4) is 0 Å². The Kier molecular flexibility index (Phi) is 4.32. The Labute approximate surface area is 143 Å². The Morgan fingerprint density at radius 1 is 1.12 bits per heavy atom. The van der Waals surface area contributed by atoms with Crippen LogP contribution < -0.4 is 5.32 Å². The first-order valence-electron chi connectivity index (χ1n) is 8.73. The number of aromatic nitrogens is 2. The SMILES string of the molecule is C[C@@H](CN1CCc2ccccc2C1)NCc1cn2ccccc2n1. The number of fused-ring (bicyclic) bond motifs is 2. The molecule has 0 amide bonds. The first kappa shape index (κ1) is 15.4. The summed E-state index contributed by atoms with van der Waals surface area (Å²) >= 11 is 0. The lowest BCUT2D eigenvalue weighted by Gasteiger charge is -2.31. The van der Waals surface area contributed by atoms with Gasteiger partial charge in [0.1, 0.15) is 5.65 Å². The van der Waals surface area contributed by atoms with Gasteiger partial charge in [0, 0.05) is 44.6 Å². The van der Waals surface area contributed by atoms with Crippen LogP contribution in [0.15, 0.2) is 54.9 Å². The van der Waals surface area contributed by atoms with Gasteiger partial charge in [-0.1, -0.05) is 30.3 Å². The summed E-state index contributed by atoms with van der Waals surface area (Å²) in [4.78, 5) is 7.19. The van der Waals surface area contributed by atoms with Gasteiger partial charge in [-0.25, -0.2) is 4.98 Å². The Balaban J connectivity index is 1.31. The van der Waals surface area contributed by atoms with Crippen LogP contribution in [0.1, 0.15) is 23.7 Å². The highest BCUT2D eigenvalue weighted by Crippen LogP contribution is 2.18. The van der Waals surface area contributed by atoms with E-state index in [0.717, 1.165) is 43.9 Å². The largest absolute Gasteiger partial charge is 0.307 e. The molecule has 124 valence electrons. The van der Waals surface area contributed by atoms with Crippen LogP contribution in [0.4, 0.5) is 0 Å². The third-order valence-electron chi connectivity index (χ3n) is 4.79. The molecule has 1 N–H and O–H groups in total. The summed E-state index contributed by atoms with van der Waals surface area (Å²) in [5, 5.41) is 3.61. The van der Waals surface area contributed by atoms with Crippen LogP contribution in [0.2, 0.25) is 0 Å². The minimum Gasteiger partial charge on any atom is -0.307 e. The van der Waals surface area contributed by atoms with Gasteiger partial charge in [0.25, 0.3) is 0 Å². The summed E-state index contributed by atoms with van der Waals surface area (Å²) in [6, 6.07) is 15.4. The molecule has 4 rings (SSSR count). The van der Waals surface area contributed by atoms with E-state index in [1.54, 1.807) is 0 Å². The molecule has 2 aromatic heterocycles. The molecule has 0 bridgehead atoms. The molecule has 1 aromatic carbocycles. The second kappa shape index (κ2) is 6.75. The lowest BCUT2D eigenvalue weighted by molar-refractivity contribution is 0.229. The summed E-state index contributed by atoms with van der Waals surface area (Å²) in [6.45, 7) is 6.36. The molecule has 24 heavy (non-hydrogen) atoms. The Bertz CT molecular complexity index is 790. The van der Waals surface area contributed by atoms with Crippen molar-refractivity contribution in [2.75, 3.05) is 13.1 Å². The molecule has 0 unspecified atom stereocenters. The molecule has 0 spiro atoms. The summed E-state index contributed by atoms with van der Waals surface area (Å²) in [6.07, 6.45) is 5.31. The van der Waals surface area contributed by atoms with Crippen molar-refractivity contribution in [3.05, 3.63) is 71.7 Å². The fourth-order valence-corrected chi connectivity index (χ4v) is 3.51. The normalized spacial score (nSPS) is 16.2. The second-order valence-electron chi connectivity index (χ2n) is 6.73. The molecule has 0 saturated heterocycles. The number of hydrogen-bond donors (Lipinski definition) is 1. The van der Waals surface area contributed by atoms with Crippen LogP contribution in [0.25, 0.3) is 5.65 Å². The number of rotatable bonds is 5. The fraction of sp³-hybridized carbons (Fsp3) is 0.350. The third-order valence-corrected chi connectivity index (χ3v) is 4.79. The van der Waals surface area contributed by atoms with Crippen LogP contribution in [-0.2, 0) is 19.5 Å². The molecule has 0 radical (unpaired) electrons. The van der Waals surface area contributed by atoms with Gasteiger partial charge in [0.15, 0.2) is 0 Å². The summed E-state index contributed by atoms with van der Waals surface area (Å²) in [5.74, 6) is 0. The average Bonchev–Trinajstić information content (AvgIpc) is 3.03. The number of benzene rings is 1. The summed E-state index contributed by atoms with van der Waals surface area (Å²) < 4.78 is 2.07. The molecule has 1 aliphatic rings. The summed E-state index contributed by atoms with van der Waals surface area (Å²) in [7, 11) is 0. The van der Waals surface area contributed by atoms with E-state index >= 15 is 0 Å². The number of pyridine rings is 1. The third kappa shape index (κ3) is 3.35. The molecule has 3 heterocycles. The molecule has 0 saturated carbocycles. The van der Waals surface area contributed by atoms with Gasteiger partial charge in [-0.2, -0.15) is 0 Å². The van der Waals surface area contributed by atoms with Gasteiger partial charge in [-0.05, 0) is 36.6 Å². The molecule has 4 nitrogen and oxygen atoms in total. The van der Waals surface area contributed by atoms with E-state index in [1.165, 1.54) is 11.1 Å². The minimum atomic E-state index is 0.445. The van der Waals surface area contributed by atoms with Crippen LogP contribution in [0.5, 0.6) is 0 Å². The standard InChI is InChI=1S/C20H24N4/c1-16(13-23-11-9-17-6-2-3-7-18(17)14-23)21-12-19-15-24-10-5-4-8-20(24)22-19/h2-8,10,15-16,21H,9,11-14H2,1H3/t16-/m0/s1. The molecular weight excluding hydrogens is 296 g/mol. The maximum absolute atomic E-state index is 4.65. The van der Waals surface area contributed by atoms with Gasteiger partial charge < -0.3 is 9.72 Å². The fourth-order valence-electron chi connectivity index (χ4n) is 3.51. The zero-order valence-electron chi connectivity index (χ0n) is 14.2. The predicted molar refractivity (Wildman–Crippen MR) is 96.9 cm³/mol. The quantitative estimate of drug-likeness (QED) is 0.784. The topological polar surface area (TPSA) is 32.6 Å². The number of nitrogens with one attached hydrogen (secondary N) is 1. The van der Waals surface area contributed by atoms with Gasteiger partial charge in [0.05, 0.1) is 5.69 Å². The van der Waals surface area contributed by atoms with E-state index in [0.29, 0.717) is 6.04 Å². The summed E-state index contributed by atoms with van der Waals surface area (Å²) in [5.41, 5.74) is 5.10. The van der Waals surface area contributed by atoms with Gasteiger partial charge in [0.2, 0.25) is 0 Å². The van der Waals surface area contributed by atoms with Crippen molar-refractivity contribution in [3.63, 3.8) is 0 Å². The molecule has 1 atom stereocenters. The average molecular weight is 320 g/mol. The van der Waals surface area contributed by atoms with E-state index < -0.39 is 0 Å². The smallest absolute Gasteiger partial charge is 0.137 e. The van der Waals surface area contributed by atoms with Crippen molar-refractivity contribution in [2.24, 2.45) is 0 Å². The monoisotopic (exact) mass is 320 g/mol. The van der Waals surface area contributed by atoms with Gasteiger partial charge in [-0.15, -0.1) is 0 Å². The number of imidazole rings is 1. The van der Waals surface area contributed by atoms with Crippen molar-refractivity contribution < 1.29 is 0 Å². The maximum atomic E-state index is 4.65. The molecule has 1 aliphatic heterocycles. The number of hydrogen-bond acceptors (Lipinski definition) is 3.